The van der Waals surface area contributed by atoms with Crippen LogP contribution in [0.3, 0.4) is 0 Å². The fourth-order valence-electron chi connectivity index (χ4n) is 1.81. The van der Waals surface area contributed by atoms with Gasteiger partial charge in [-0.2, -0.15) is 0 Å². The van der Waals surface area contributed by atoms with Gasteiger partial charge in [-0.25, -0.2) is 0 Å². The molecule has 0 bridgehead atoms. The van der Waals surface area contributed by atoms with E-state index in [0.717, 1.165) is 24.3 Å². The Bertz CT molecular complexity index is 361. The number of aryl methyl sites for hydroxylation is 1. The van der Waals surface area contributed by atoms with Crippen LogP contribution in [0.5, 0.6) is 0 Å². The molecule has 3 N–H and O–H groups in total. The lowest BCUT2D eigenvalue weighted by atomic mass is 9.81. The standard InChI is InChI=1S/C12H21N3O2/c1-4-12(5-2,8-13)11(16)14-7-10-6-9(3)17-15-10/h6H,4-5,7-8,13H2,1-3H3,(H,14,16). The number of hydrogen-bond acceptors (Lipinski definition) is 4. The van der Waals surface area contributed by atoms with Gasteiger partial charge in [-0.1, -0.05) is 19.0 Å². The van der Waals surface area contributed by atoms with E-state index in [0.29, 0.717) is 13.1 Å². The normalized spacial score (nSPS) is 11.5. The van der Waals surface area contributed by atoms with Gasteiger partial charge in [0.2, 0.25) is 5.91 Å². The van der Waals surface area contributed by atoms with Gasteiger partial charge in [0.1, 0.15) is 11.5 Å². The lowest BCUT2D eigenvalue weighted by Crippen LogP contribution is -2.45. The summed E-state index contributed by atoms with van der Waals surface area (Å²) in [6, 6.07) is 1.81. The summed E-state index contributed by atoms with van der Waals surface area (Å²) < 4.78 is 4.94. The van der Waals surface area contributed by atoms with E-state index in [4.69, 9.17) is 10.3 Å². The number of aromatic nitrogens is 1. The van der Waals surface area contributed by atoms with Crippen LogP contribution < -0.4 is 11.1 Å². The number of rotatable bonds is 6. The molecule has 0 saturated carbocycles. The van der Waals surface area contributed by atoms with Crippen molar-refractivity contribution in [3.05, 3.63) is 17.5 Å². The second-order valence-corrected chi connectivity index (χ2v) is 4.30. The van der Waals surface area contributed by atoms with E-state index in [2.05, 4.69) is 10.5 Å². The molecular formula is C12H21N3O2. The van der Waals surface area contributed by atoms with Crippen LogP contribution in [0.2, 0.25) is 0 Å². The number of carbonyl (C=O) groups excluding carboxylic acids is 1. The Morgan fingerprint density at radius 1 is 1.53 bits per heavy atom. The first-order chi connectivity index (χ1) is 8.07. The van der Waals surface area contributed by atoms with Crippen molar-refractivity contribution in [2.75, 3.05) is 6.54 Å². The summed E-state index contributed by atoms with van der Waals surface area (Å²) >= 11 is 0. The predicted octanol–water partition coefficient (Wildman–Crippen LogP) is 1.36. The Morgan fingerprint density at radius 2 is 2.18 bits per heavy atom. The molecule has 1 aromatic heterocycles. The highest BCUT2D eigenvalue weighted by molar-refractivity contribution is 5.82. The van der Waals surface area contributed by atoms with Crippen LogP contribution in [0.15, 0.2) is 10.6 Å². The number of carbonyl (C=O) groups is 1. The maximum absolute atomic E-state index is 12.1. The fraction of sp³-hybridized carbons (Fsp3) is 0.667. The van der Waals surface area contributed by atoms with Crippen LogP contribution in [0.25, 0.3) is 0 Å². The summed E-state index contributed by atoms with van der Waals surface area (Å²) in [5.41, 5.74) is 5.98. The Labute approximate surface area is 102 Å². The van der Waals surface area contributed by atoms with Gasteiger partial charge in [0, 0.05) is 12.6 Å². The Kier molecular flexibility index (Phi) is 4.69. The topological polar surface area (TPSA) is 81.2 Å². The maximum Gasteiger partial charge on any atom is 0.227 e. The number of nitrogens with two attached hydrogens (primary N) is 1. The van der Waals surface area contributed by atoms with Gasteiger partial charge < -0.3 is 15.6 Å². The van der Waals surface area contributed by atoms with E-state index in [1.165, 1.54) is 0 Å². The zero-order valence-electron chi connectivity index (χ0n) is 10.7. The smallest absolute Gasteiger partial charge is 0.227 e. The summed E-state index contributed by atoms with van der Waals surface area (Å²) in [5.74, 6) is 0.732. The Morgan fingerprint density at radius 3 is 2.59 bits per heavy atom. The zero-order valence-corrected chi connectivity index (χ0v) is 10.7. The second-order valence-electron chi connectivity index (χ2n) is 4.30. The molecule has 1 amide bonds. The van der Waals surface area contributed by atoms with Gasteiger partial charge in [-0.05, 0) is 19.8 Å². The predicted molar refractivity (Wildman–Crippen MR) is 65.2 cm³/mol. The third-order valence-electron chi connectivity index (χ3n) is 3.33. The van der Waals surface area contributed by atoms with Crippen molar-refractivity contribution in [3.8, 4) is 0 Å². The molecule has 17 heavy (non-hydrogen) atoms. The van der Waals surface area contributed by atoms with E-state index in [1.807, 2.05) is 26.8 Å². The molecule has 0 unspecified atom stereocenters. The first-order valence-corrected chi connectivity index (χ1v) is 5.98. The van der Waals surface area contributed by atoms with Gasteiger partial charge >= 0.3 is 0 Å². The second kappa shape index (κ2) is 5.82. The summed E-state index contributed by atoms with van der Waals surface area (Å²) in [6.45, 7) is 6.54. The van der Waals surface area contributed by atoms with E-state index in [9.17, 15) is 4.79 Å². The van der Waals surface area contributed by atoms with Gasteiger partial charge in [0.05, 0.1) is 12.0 Å². The first-order valence-electron chi connectivity index (χ1n) is 5.98. The van der Waals surface area contributed by atoms with Crippen LogP contribution in [0.4, 0.5) is 0 Å². The molecule has 5 nitrogen and oxygen atoms in total. The highest BCUT2D eigenvalue weighted by atomic mass is 16.5. The minimum absolute atomic E-state index is 0.00865. The lowest BCUT2D eigenvalue weighted by Gasteiger charge is -2.28. The molecule has 0 aliphatic rings. The van der Waals surface area contributed by atoms with Crippen molar-refractivity contribution in [2.24, 2.45) is 11.1 Å². The van der Waals surface area contributed by atoms with Crippen molar-refractivity contribution < 1.29 is 9.32 Å². The number of hydrogen-bond donors (Lipinski definition) is 2. The molecule has 1 aromatic rings. The van der Waals surface area contributed by atoms with Gasteiger partial charge in [-0.15, -0.1) is 0 Å². The van der Waals surface area contributed by atoms with Crippen LogP contribution in [0.1, 0.15) is 38.1 Å². The maximum atomic E-state index is 12.1. The minimum atomic E-state index is -0.460. The third kappa shape index (κ3) is 3.06. The highest BCUT2D eigenvalue weighted by Crippen LogP contribution is 2.25. The lowest BCUT2D eigenvalue weighted by molar-refractivity contribution is -0.131. The van der Waals surface area contributed by atoms with Gasteiger partial charge in [0.25, 0.3) is 0 Å². The molecule has 1 rings (SSSR count). The summed E-state index contributed by atoms with van der Waals surface area (Å²) in [7, 11) is 0. The Hall–Kier alpha value is -1.36. The van der Waals surface area contributed by atoms with Gasteiger partial charge in [0.15, 0.2) is 0 Å². The van der Waals surface area contributed by atoms with Crippen molar-refractivity contribution >= 4 is 5.91 Å². The SMILES string of the molecule is CCC(CC)(CN)C(=O)NCc1cc(C)on1. The summed E-state index contributed by atoms with van der Waals surface area (Å²) in [6.07, 6.45) is 1.48. The quantitative estimate of drug-likeness (QED) is 0.785. The summed E-state index contributed by atoms with van der Waals surface area (Å²) in [5, 5.41) is 6.69. The van der Waals surface area contributed by atoms with Gasteiger partial charge in [-0.3, -0.25) is 4.79 Å². The summed E-state index contributed by atoms with van der Waals surface area (Å²) in [4.78, 5) is 12.1. The third-order valence-corrected chi connectivity index (χ3v) is 3.33. The molecule has 0 atom stereocenters. The molecule has 0 aromatic carbocycles. The molecule has 1 heterocycles. The number of nitrogens with one attached hydrogen (secondary N) is 1. The minimum Gasteiger partial charge on any atom is -0.361 e. The van der Waals surface area contributed by atoms with Crippen molar-refractivity contribution in [2.45, 2.75) is 40.2 Å². The fourth-order valence-corrected chi connectivity index (χ4v) is 1.81. The highest BCUT2D eigenvalue weighted by Gasteiger charge is 2.33. The average molecular weight is 239 g/mol. The zero-order chi connectivity index (χ0) is 12.9. The number of nitrogens with zero attached hydrogens (tertiary/aromatic N) is 1. The molecule has 96 valence electrons. The van der Waals surface area contributed by atoms with E-state index in [-0.39, 0.29) is 5.91 Å². The molecule has 0 radical (unpaired) electrons. The van der Waals surface area contributed by atoms with E-state index >= 15 is 0 Å². The van der Waals surface area contributed by atoms with E-state index < -0.39 is 5.41 Å². The van der Waals surface area contributed by atoms with Crippen molar-refractivity contribution in [3.63, 3.8) is 0 Å². The van der Waals surface area contributed by atoms with Crippen LogP contribution >= 0.6 is 0 Å². The molecule has 0 aliphatic carbocycles. The first kappa shape index (κ1) is 13.7. The number of amides is 1. The van der Waals surface area contributed by atoms with Crippen molar-refractivity contribution in [1.29, 1.82) is 0 Å². The van der Waals surface area contributed by atoms with Crippen LogP contribution in [-0.4, -0.2) is 17.6 Å². The van der Waals surface area contributed by atoms with Crippen molar-refractivity contribution in [1.82, 2.24) is 10.5 Å². The monoisotopic (exact) mass is 239 g/mol. The molecule has 0 saturated heterocycles. The van der Waals surface area contributed by atoms with Crippen LogP contribution in [-0.2, 0) is 11.3 Å². The molecule has 0 fully saturated rings. The van der Waals surface area contributed by atoms with Crippen LogP contribution in [0, 0.1) is 12.3 Å². The van der Waals surface area contributed by atoms with E-state index in [1.54, 1.807) is 0 Å². The molecule has 5 heteroatoms. The molecule has 0 spiro atoms. The average Bonchev–Trinajstić information content (AvgIpc) is 2.75. The largest absolute Gasteiger partial charge is 0.361 e. The molecular weight excluding hydrogens is 218 g/mol. The Balaban J connectivity index is 2.59. The molecule has 0 aliphatic heterocycles.